The van der Waals surface area contributed by atoms with Crippen molar-refractivity contribution in [1.82, 2.24) is 14.7 Å². The number of nitrogens with zero attached hydrogens (tertiary/aromatic N) is 3. The second-order valence-corrected chi connectivity index (χ2v) is 9.21. The monoisotopic (exact) mass is 491 g/mol. The lowest BCUT2D eigenvalue weighted by Crippen LogP contribution is -2.39. The average Bonchev–Trinajstić information content (AvgIpc) is 2.88. The third-order valence-electron chi connectivity index (χ3n) is 6.88. The molecule has 182 valence electrons. The van der Waals surface area contributed by atoms with Crippen molar-refractivity contribution in [3.63, 3.8) is 0 Å². The molecule has 6 heteroatoms. The van der Waals surface area contributed by atoms with E-state index in [9.17, 15) is 9.18 Å². The predicted molar refractivity (Wildman–Crippen MR) is 142 cm³/mol. The van der Waals surface area contributed by atoms with Crippen molar-refractivity contribution in [2.24, 2.45) is 0 Å². The van der Waals surface area contributed by atoms with Crippen molar-refractivity contribution in [2.45, 2.75) is 38.1 Å². The molecule has 1 fully saturated rings. The Balaban J connectivity index is 0.00000289. The second-order valence-electron chi connectivity index (χ2n) is 9.21. The van der Waals surface area contributed by atoms with Gasteiger partial charge < -0.3 is 4.90 Å². The van der Waals surface area contributed by atoms with Gasteiger partial charge in [-0.25, -0.2) is 9.07 Å². The first kappa shape index (κ1) is 25.1. The maximum atomic E-state index is 13.4. The number of halogens is 2. The average molecular weight is 492 g/mol. The normalized spacial score (nSPS) is 14.7. The van der Waals surface area contributed by atoms with Gasteiger partial charge in [-0.2, -0.15) is 5.10 Å². The lowest BCUT2D eigenvalue weighted by molar-refractivity contribution is 0.175. The summed E-state index contributed by atoms with van der Waals surface area (Å²) in [5, 5.41) is 6.45. The summed E-state index contributed by atoms with van der Waals surface area (Å²) in [6.45, 7) is 3.04. The summed E-state index contributed by atoms with van der Waals surface area (Å²) in [5.74, 6) is -0.248. The first-order chi connectivity index (χ1) is 16.7. The van der Waals surface area contributed by atoms with Crippen LogP contribution in [0.25, 0.3) is 10.8 Å². The van der Waals surface area contributed by atoms with Gasteiger partial charge in [0.1, 0.15) is 5.82 Å². The molecule has 35 heavy (non-hydrogen) atoms. The second kappa shape index (κ2) is 11.6. The van der Waals surface area contributed by atoms with Crippen molar-refractivity contribution in [3.8, 4) is 0 Å². The Hall–Kier alpha value is -3.02. The Morgan fingerprint density at radius 2 is 1.49 bits per heavy atom. The number of likely N-dealkylation sites (tertiary alicyclic amines) is 1. The van der Waals surface area contributed by atoms with Crippen molar-refractivity contribution >= 4 is 23.2 Å². The first-order valence-corrected chi connectivity index (χ1v) is 12.2. The summed E-state index contributed by atoms with van der Waals surface area (Å²) >= 11 is 0. The van der Waals surface area contributed by atoms with Gasteiger partial charge >= 0.3 is 0 Å². The van der Waals surface area contributed by atoms with Crippen LogP contribution in [0.3, 0.4) is 0 Å². The van der Waals surface area contributed by atoms with E-state index < -0.39 is 0 Å². The van der Waals surface area contributed by atoms with Crippen molar-refractivity contribution in [3.05, 3.63) is 112 Å². The van der Waals surface area contributed by atoms with Gasteiger partial charge in [0.05, 0.1) is 17.1 Å². The molecule has 0 spiro atoms. The van der Waals surface area contributed by atoms with Crippen molar-refractivity contribution in [1.29, 1.82) is 0 Å². The number of hydrogen-bond donors (Lipinski definition) is 0. The minimum atomic E-state index is -0.248. The molecule has 0 bridgehead atoms. The molecule has 0 unspecified atom stereocenters. The Morgan fingerprint density at radius 3 is 2.20 bits per heavy atom. The molecule has 0 amide bonds. The van der Waals surface area contributed by atoms with E-state index in [0.717, 1.165) is 62.0 Å². The molecule has 0 radical (unpaired) electrons. The van der Waals surface area contributed by atoms with E-state index in [4.69, 9.17) is 5.10 Å². The largest absolute Gasteiger partial charge is 0.303 e. The molecule has 0 N–H and O–H groups in total. The van der Waals surface area contributed by atoms with Crippen LogP contribution < -0.4 is 5.56 Å². The standard InChI is InChI=1S/C29H30FN3O.ClH/c30-24-14-12-23(13-15-24)21-28-26-10-4-5-11-27(26)29(34)33(31-28)25-16-19-32(20-17-25)18-6-9-22-7-2-1-3-8-22;/h1-5,7-8,10-15,25H,6,9,16-21H2;1H. The van der Waals surface area contributed by atoms with Gasteiger partial charge in [0.25, 0.3) is 5.56 Å². The molecule has 0 atom stereocenters. The molecule has 5 rings (SSSR count). The molecule has 2 heterocycles. The maximum Gasteiger partial charge on any atom is 0.274 e. The topological polar surface area (TPSA) is 38.1 Å². The molecular weight excluding hydrogens is 461 g/mol. The van der Waals surface area contributed by atoms with Crippen LogP contribution in [0.5, 0.6) is 0 Å². The number of hydrogen-bond acceptors (Lipinski definition) is 3. The molecule has 3 aromatic carbocycles. The fourth-order valence-electron chi connectivity index (χ4n) is 4.99. The third kappa shape index (κ3) is 5.98. The lowest BCUT2D eigenvalue weighted by Gasteiger charge is -2.32. The van der Waals surface area contributed by atoms with Crippen LogP contribution in [0.2, 0.25) is 0 Å². The van der Waals surface area contributed by atoms with Crippen molar-refractivity contribution < 1.29 is 4.39 Å². The number of fused-ring (bicyclic) bond motifs is 1. The predicted octanol–water partition coefficient (Wildman–Crippen LogP) is 5.82. The van der Waals surface area contributed by atoms with Gasteiger partial charge in [-0.05, 0) is 61.6 Å². The van der Waals surface area contributed by atoms with Crippen LogP contribution in [-0.4, -0.2) is 34.3 Å². The molecule has 1 aliphatic heterocycles. The highest BCUT2D eigenvalue weighted by molar-refractivity contribution is 5.85. The van der Waals surface area contributed by atoms with Gasteiger partial charge in [0.2, 0.25) is 0 Å². The summed E-state index contributed by atoms with van der Waals surface area (Å²) < 4.78 is 15.1. The summed E-state index contributed by atoms with van der Waals surface area (Å²) in [4.78, 5) is 15.8. The van der Waals surface area contributed by atoms with E-state index in [0.29, 0.717) is 11.8 Å². The summed E-state index contributed by atoms with van der Waals surface area (Å²) in [6, 6.07) is 25.0. The highest BCUT2D eigenvalue weighted by Crippen LogP contribution is 2.24. The number of aryl methyl sites for hydroxylation is 1. The lowest BCUT2D eigenvalue weighted by atomic mass is 10.0. The summed E-state index contributed by atoms with van der Waals surface area (Å²) in [7, 11) is 0. The summed E-state index contributed by atoms with van der Waals surface area (Å²) in [5.41, 5.74) is 3.23. The van der Waals surface area contributed by atoms with E-state index >= 15 is 0 Å². The maximum absolute atomic E-state index is 13.4. The van der Waals surface area contributed by atoms with E-state index in [1.54, 1.807) is 16.8 Å². The summed E-state index contributed by atoms with van der Waals surface area (Å²) in [6.07, 6.45) is 4.66. The van der Waals surface area contributed by atoms with Crippen molar-refractivity contribution in [2.75, 3.05) is 19.6 Å². The highest BCUT2D eigenvalue weighted by Gasteiger charge is 2.23. The highest BCUT2D eigenvalue weighted by atomic mass is 35.5. The van der Waals surface area contributed by atoms with Crippen LogP contribution in [-0.2, 0) is 12.8 Å². The van der Waals surface area contributed by atoms with E-state index in [-0.39, 0.29) is 29.8 Å². The van der Waals surface area contributed by atoms with Crippen LogP contribution in [0.15, 0.2) is 83.7 Å². The number of rotatable bonds is 7. The van der Waals surface area contributed by atoms with Gasteiger partial charge in [-0.15, -0.1) is 12.4 Å². The van der Waals surface area contributed by atoms with Gasteiger partial charge in [0.15, 0.2) is 0 Å². The molecule has 4 aromatic rings. The number of piperidine rings is 1. The Morgan fingerprint density at radius 1 is 0.829 bits per heavy atom. The zero-order chi connectivity index (χ0) is 23.3. The third-order valence-corrected chi connectivity index (χ3v) is 6.88. The zero-order valence-electron chi connectivity index (χ0n) is 19.8. The number of benzene rings is 3. The zero-order valence-corrected chi connectivity index (χ0v) is 20.6. The SMILES string of the molecule is Cl.O=c1c2ccccc2c(Cc2ccc(F)cc2)nn1C1CCN(CCCc2ccccc2)CC1. The van der Waals surface area contributed by atoms with Crippen LogP contribution >= 0.6 is 12.4 Å². The van der Waals surface area contributed by atoms with E-state index in [1.165, 1.54) is 17.7 Å². The fourth-order valence-corrected chi connectivity index (χ4v) is 4.99. The van der Waals surface area contributed by atoms with Crippen LogP contribution in [0.1, 0.15) is 42.1 Å². The van der Waals surface area contributed by atoms with Gasteiger partial charge in [0, 0.05) is 24.9 Å². The molecule has 0 aliphatic carbocycles. The Labute approximate surface area is 211 Å². The van der Waals surface area contributed by atoms with Crippen LogP contribution in [0, 0.1) is 5.82 Å². The van der Waals surface area contributed by atoms with E-state index in [1.807, 2.05) is 24.3 Å². The smallest absolute Gasteiger partial charge is 0.274 e. The fraction of sp³-hybridized carbons (Fsp3) is 0.310. The molecular formula is C29H31ClFN3O. The molecule has 1 aromatic heterocycles. The molecule has 1 aliphatic rings. The van der Waals surface area contributed by atoms with Crippen LogP contribution in [0.4, 0.5) is 4.39 Å². The van der Waals surface area contributed by atoms with Gasteiger partial charge in [-0.3, -0.25) is 4.79 Å². The Bertz CT molecular complexity index is 1300. The molecule has 1 saturated heterocycles. The quantitative estimate of drug-likeness (QED) is 0.327. The minimum absolute atomic E-state index is 0. The van der Waals surface area contributed by atoms with Gasteiger partial charge in [-0.1, -0.05) is 60.7 Å². The first-order valence-electron chi connectivity index (χ1n) is 12.2. The molecule has 0 saturated carbocycles. The van der Waals surface area contributed by atoms with E-state index in [2.05, 4.69) is 35.2 Å². The molecule has 4 nitrogen and oxygen atoms in total. The number of aromatic nitrogens is 2. The Kier molecular flexibility index (Phi) is 8.32. The minimum Gasteiger partial charge on any atom is -0.303 e.